The molecule has 1 heterocycles. The smallest absolute Gasteiger partial charge is 0.246 e. The van der Waals surface area contributed by atoms with Gasteiger partial charge in [-0.05, 0) is 31.2 Å². The minimum atomic E-state index is -4.05. The third kappa shape index (κ3) is 4.92. The Morgan fingerprint density at radius 1 is 1.28 bits per heavy atom. The van der Waals surface area contributed by atoms with Crippen molar-refractivity contribution in [2.45, 2.75) is 11.8 Å². The topological polar surface area (TPSA) is 79.4 Å². The van der Waals surface area contributed by atoms with E-state index < -0.39 is 22.5 Å². The number of nitrogens with zero attached hydrogens (tertiary/aromatic N) is 2. The van der Waals surface area contributed by atoms with E-state index in [0.717, 1.165) is 10.00 Å². The number of benzene rings is 1. The third-order valence-electron chi connectivity index (χ3n) is 3.15. The number of anilines is 1. The fourth-order valence-electron chi connectivity index (χ4n) is 2.01. The lowest BCUT2D eigenvalue weighted by molar-refractivity contribution is -0.116. The van der Waals surface area contributed by atoms with Crippen molar-refractivity contribution < 1.29 is 13.2 Å². The summed E-state index contributed by atoms with van der Waals surface area (Å²) in [5.41, 5.74) is 0.729. The van der Waals surface area contributed by atoms with Gasteiger partial charge in [-0.1, -0.05) is 45.2 Å². The summed E-state index contributed by atoms with van der Waals surface area (Å²) in [6, 6.07) is 7.97. The lowest BCUT2D eigenvalue weighted by atomic mass is 10.4. The van der Waals surface area contributed by atoms with Gasteiger partial charge in [0.15, 0.2) is 0 Å². The predicted octanol–water partition coefficient (Wildman–Crippen LogP) is 3.72. The van der Waals surface area contributed by atoms with E-state index in [1.165, 1.54) is 19.2 Å². The predicted molar refractivity (Wildman–Crippen MR) is 102 cm³/mol. The Morgan fingerprint density at radius 3 is 2.44 bits per heavy atom. The fraction of sp³-hybridized carbons (Fsp3) is 0.200. The molecule has 2 rings (SSSR count). The van der Waals surface area contributed by atoms with Crippen LogP contribution < -0.4 is 5.32 Å². The standard InChI is InChI=1S/C15H14BrCl2N3O3S/c1-9-4-3-5-13(19-9)20-14(22)8-21(2)25(23,24)15-11(17)6-10(16)7-12(15)18/h3-7H,8H2,1-2H3,(H,19,20,22). The number of aryl methyl sites for hydroxylation is 1. The van der Waals surface area contributed by atoms with Crippen molar-refractivity contribution in [2.24, 2.45) is 0 Å². The number of pyridine rings is 1. The van der Waals surface area contributed by atoms with Crippen molar-refractivity contribution in [2.75, 3.05) is 18.9 Å². The van der Waals surface area contributed by atoms with Crippen LogP contribution in [0, 0.1) is 6.92 Å². The zero-order chi connectivity index (χ0) is 18.8. The molecule has 0 bridgehead atoms. The number of hydrogen-bond acceptors (Lipinski definition) is 4. The van der Waals surface area contributed by atoms with Gasteiger partial charge in [0, 0.05) is 17.2 Å². The van der Waals surface area contributed by atoms with Crippen molar-refractivity contribution in [3.8, 4) is 0 Å². The molecule has 1 aromatic heterocycles. The molecule has 1 amide bonds. The molecule has 10 heteroatoms. The van der Waals surface area contributed by atoms with Gasteiger partial charge in [0.2, 0.25) is 15.9 Å². The Kier molecular flexibility index (Phi) is 6.45. The fourth-order valence-corrected chi connectivity index (χ4v) is 5.02. The Morgan fingerprint density at radius 2 is 1.88 bits per heavy atom. The van der Waals surface area contributed by atoms with Crippen molar-refractivity contribution >= 4 is 60.9 Å². The molecule has 134 valence electrons. The van der Waals surface area contributed by atoms with E-state index in [1.54, 1.807) is 25.1 Å². The van der Waals surface area contributed by atoms with Crippen LogP contribution in [0.5, 0.6) is 0 Å². The van der Waals surface area contributed by atoms with Crippen LogP contribution in [0.4, 0.5) is 5.82 Å². The lowest BCUT2D eigenvalue weighted by Crippen LogP contribution is -2.35. The maximum Gasteiger partial charge on any atom is 0.246 e. The second-order valence-corrected chi connectivity index (χ2v) is 8.88. The molecule has 1 N–H and O–H groups in total. The summed E-state index contributed by atoms with van der Waals surface area (Å²) in [5, 5.41) is 2.48. The maximum atomic E-state index is 12.7. The average Bonchev–Trinajstić information content (AvgIpc) is 2.45. The molecular formula is C15H14BrCl2N3O3S. The van der Waals surface area contributed by atoms with Crippen LogP contribution in [-0.2, 0) is 14.8 Å². The number of likely N-dealkylation sites (N-methyl/N-ethyl adjacent to an activating group) is 1. The van der Waals surface area contributed by atoms with Crippen LogP contribution >= 0.6 is 39.1 Å². The first-order valence-corrected chi connectivity index (χ1v) is 9.94. The normalized spacial score (nSPS) is 11.6. The van der Waals surface area contributed by atoms with Gasteiger partial charge >= 0.3 is 0 Å². The first-order chi connectivity index (χ1) is 11.6. The molecule has 0 fully saturated rings. The minimum absolute atomic E-state index is 0.0352. The van der Waals surface area contributed by atoms with Gasteiger partial charge < -0.3 is 5.32 Å². The number of rotatable bonds is 5. The number of amides is 1. The maximum absolute atomic E-state index is 12.7. The van der Waals surface area contributed by atoms with Crippen molar-refractivity contribution in [3.05, 3.63) is 50.5 Å². The molecule has 0 aliphatic heterocycles. The molecule has 0 aliphatic carbocycles. The molecule has 1 aromatic carbocycles. The third-order valence-corrected chi connectivity index (χ3v) is 6.34. The zero-order valence-corrected chi connectivity index (χ0v) is 17.2. The number of carbonyl (C=O) groups excluding carboxylic acids is 1. The summed E-state index contributed by atoms with van der Waals surface area (Å²) in [4.78, 5) is 16.0. The van der Waals surface area contributed by atoms with Gasteiger partial charge in [0.05, 0.1) is 16.6 Å². The number of nitrogens with one attached hydrogen (secondary N) is 1. The van der Waals surface area contributed by atoms with Crippen LogP contribution in [-0.4, -0.2) is 37.2 Å². The highest BCUT2D eigenvalue weighted by atomic mass is 79.9. The molecule has 0 saturated carbocycles. The molecule has 0 saturated heterocycles. The first-order valence-electron chi connectivity index (χ1n) is 6.95. The monoisotopic (exact) mass is 465 g/mol. The van der Waals surface area contributed by atoms with E-state index in [1.807, 2.05) is 0 Å². The second kappa shape index (κ2) is 8.01. The molecule has 0 spiro atoms. The van der Waals surface area contributed by atoms with Gasteiger partial charge in [0.1, 0.15) is 10.7 Å². The molecule has 6 nitrogen and oxygen atoms in total. The van der Waals surface area contributed by atoms with Crippen molar-refractivity contribution in [1.82, 2.24) is 9.29 Å². The number of sulfonamides is 1. The molecule has 2 aromatic rings. The van der Waals surface area contributed by atoms with Crippen LogP contribution in [0.2, 0.25) is 10.0 Å². The average molecular weight is 467 g/mol. The van der Waals surface area contributed by atoms with Crippen molar-refractivity contribution in [3.63, 3.8) is 0 Å². The molecule has 0 radical (unpaired) electrons. The SMILES string of the molecule is Cc1cccc(NC(=O)CN(C)S(=O)(=O)c2c(Cl)cc(Br)cc2Cl)n1. The molecule has 25 heavy (non-hydrogen) atoms. The Bertz CT molecular complexity index is 899. The van der Waals surface area contributed by atoms with Gasteiger partial charge in [0.25, 0.3) is 0 Å². The van der Waals surface area contributed by atoms with E-state index in [0.29, 0.717) is 10.3 Å². The lowest BCUT2D eigenvalue weighted by Gasteiger charge is -2.18. The summed E-state index contributed by atoms with van der Waals surface area (Å²) in [5.74, 6) is -0.191. The van der Waals surface area contributed by atoms with Crippen LogP contribution in [0.3, 0.4) is 0 Å². The van der Waals surface area contributed by atoms with Crippen LogP contribution in [0.1, 0.15) is 5.69 Å². The van der Waals surface area contributed by atoms with E-state index in [2.05, 4.69) is 26.2 Å². The summed E-state index contributed by atoms with van der Waals surface area (Å²) in [6.45, 7) is 1.37. The van der Waals surface area contributed by atoms with Gasteiger partial charge in [-0.2, -0.15) is 4.31 Å². The highest BCUT2D eigenvalue weighted by Crippen LogP contribution is 2.34. The number of hydrogen-bond donors (Lipinski definition) is 1. The zero-order valence-electron chi connectivity index (χ0n) is 13.3. The largest absolute Gasteiger partial charge is 0.310 e. The molecular weight excluding hydrogens is 453 g/mol. The first kappa shape index (κ1) is 20.1. The van der Waals surface area contributed by atoms with Gasteiger partial charge in [-0.15, -0.1) is 0 Å². The van der Waals surface area contributed by atoms with Gasteiger partial charge in [-0.3, -0.25) is 4.79 Å². The Labute approximate surface area is 164 Å². The van der Waals surface area contributed by atoms with Crippen LogP contribution in [0.25, 0.3) is 0 Å². The van der Waals surface area contributed by atoms with Gasteiger partial charge in [-0.25, -0.2) is 13.4 Å². The second-order valence-electron chi connectivity index (χ2n) is 5.17. The minimum Gasteiger partial charge on any atom is -0.310 e. The number of carbonyl (C=O) groups is 1. The Hall–Kier alpha value is -1.19. The highest BCUT2D eigenvalue weighted by molar-refractivity contribution is 9.10. The quantitative estimate of drug-likeness (QED) is 0.728. The van der Waals surface area contributed by atoms with E-state index in [4.69, 9.17) is 23.2 Å². The summed E-state index contributed by atoms with van der Waals surface area (Å²) < 4.78 is 26.8. The summed E-state index contributed by atoms with van der Waals surface area (Å²) >= 11 is 15.2. The highest BCUT2D eigenvalue weighted by Gasteiger charge is 2.28. The van der Waals surface area contributed by atoms with Crippen molar-refractivity contribution in [1.29, 1.82) is 0 Å². The van der Waals surface area contributed by atoms with E-state index in [9.17, 15) is 13.2 Å². The molecule has 0 aliphatic rings. The molecule has 0 atom stereocenters. The number of halogens is 3. The molecule has 0 unspecified atom stereocenters. The summed E-state index contributed by atoms with van der Waals surface area (Å²) in [6.07, 6.45) is 0. The van der Waals surface area contributed by atoms with Crippen LogP contribution in [0.15, 0.2) is 39.7 Å². The van der Waals surface area contributed by atoms with E-state index in [-0.39, 0.29) is 14.9 Å². The number of aromatic nitrogens is 1. The van der Waals surface area contributed by atoms with E-state index >= 15 is 0 Å². The summed E-state index contributed by atoms with van der Waals surface area (Å²) in [7, 11) is -2.77. The Balaban J connectivity index is 2.19.